The summed E-state index contributed by atoms with van der Waals surface area (Å²) in [5, 5.41) is 9.64. The average molecular weight is 379 g/mol. The molecule has 4 aromatic rings. The first-order valence-electron chi connectivity index (χ1n) is 8.95. The molecule has 1 aromatic carbocycles. The Morgan fingerprint density at radius 1 is 1.07 bits per heavy atom. The molecule has 1 atom stereocenters. The van der Waals surface area contributed by atoms with Gasteiger partial charge in [0.1, 0.15) is 11.4 Å². The summed E-state index contributed by atoms with van der Waals surface area (Å²) in [7, 11) is 0. The molecule has 0 bridgehead atoms. The Morgan fingerprint density at radius 2 is 1.89 bits per heavy atom. The molecule has 3 aromatic heterocycles. The molecule has 138 valence electrons. The highest BCUT2D eigenvalue weighted by Crippen LogP contribution is 2.26. The van der Waals surface area contributed by atoms with Crippen LogP contribution in [0.2, 0.25) is 0 Å². The first kappa shape index (κ1) is 17.6. The molecule has 1 unspecified atom stereocenters. The molecule has 0 saturated carbocycles. The second-order valence-corrected chi connectivity index (χ2v) is 7.09. The van der Waals surface area contributed by atoms with Gasteiger partial charge in [0.15, 0.2) is 17.1 Å². The maximum Gasteiger partial charge on any atom is 0.191 e. The highest BCUT2D eigenvalue weighted by atomic mass is 32.2. The van der Waals surface area contributed by atoms with E-state index in [1.165, 1.54) is 0 Å². The third-order valence-electron chi connectivity index (χ3n) is 4.24. The number of fused-ring (bicyclic) bond motifs is 1. The molecule has 0 aliphatic heterocycles. The van der Waals surface area contributed by atoms with Crippen LogP contribution in [0, 0.1) is 0 Å². The van der Waals surface area contributed by atoms with Gasteiger partial charge in [0.05, 0.1) is 5.69 Å². The summed E-state index contributed by atoms with van der Waals surface area (Å²) in [6.07, 6.45) is 3.88. The van der Waals surface area contributed by atoms with E-state index in [1.807, 2.05) is 66.1 Å². The largest absolute Gasteiger partial charge is 0.483 e. The van der Waals surface area contributed by atoms with Gasteiger partial charge in [0, 0.05) is 24.7 Å². The van der Waals surface area contributed by atoms with Crippen molar-refractivity contribution in [2.75, 3.05) is 0 Å². The van der Waals surface area contributed by atoms with Gasteiger partial charge >= 0.3 is 0 Å². The first-order chi connectivity index (χ1) is 13.2. The molecule has 6 nitrogen and oxygen atoms in total. The van der Waals surface area contributed by atoms with Crippen LogP contribution >= 0.6 is 11.8 Å². The van der Waals surface area contributed by atoms with Crippen LogP contribution in [0.1, 0.15) is 31.5 Å². The van der Waals surface area contributed by atoms with Crippen molar-refractivity contribution in [3.63, 3.8) is 0 Å². The first-order valence-corrected chi connectivity index (χ1v) is 9.93. The normalized spacial score (nSPS) is 12.4. The molecule has 0 radical (unpaired) electrons. The lowest BCUT2D eigenvalue weighted by Crippen LogP contribution is -2.11. The van der Waals surface area contributed by atoms with Gasteiger partial charge in [0.2, 0.25) is 0 Å². The third-order valence-corrected chi connectivity index (χ3v) is 5.24. The fourth-order valence-corrected chi connectivity index (χ4v) is 3.85. The van der Waals surface area contributed by atoms with Gasteiger partial charge in [-0.2, -0.15) is 0 Å². The number of imidazole rings is 1. The highest BCUT2D eigenvalue weighted by Gasteiger charge is 2.19. The number of hydrogen-bond donors (Lipinski definition) is 0. The molecule has 0 saturated heterocycles. The van der Waals surface area contributed by atoms with Crippen LogP contribution in [0.15, 0.2) is 66.1 Å². The number of ether oxygens (including phenoxy) is 1. The number of pyridine rings is 1. The molecular weight excluding hydrogens is 358 g/mol. The Morgan fingerprint density at radius 3 is 2.67 bits per heavy atom. The predicted molar refractivity (Wildman–Crippen MR) is 106 cm³/mol. The minimum atomic E-state index is -0.176. The molecule has 0 amide bonds. The Balaban J connectivity index is 1.48. The molecular formula is C20H21N5OS. The van der Waals surface area contributed by atoms with Gasteiger partial charge in [-0.15, -0.1) is 10.2 Å². The van der Waals surface area contributed by atoms with E-state index < -0.39 is 0 Å². The number of para-hydroxylation sites is 1. The number of rotatable bonds is 7. The van der Waals surface area contributed by atoms with Crippen LogP contribution in [-0.4, -0.2) is 24.1 Å². The summed E-state index contributed by atoms with van der Waals surface area (Å²) >= 11 is 1.64. The zero-order valence-corrected chi connectivity index (χ0v) is 16.1. The smallest absolute Gasteiger partial charge is 0.191 e. The van der Waals surface area contributed by atoms with Crippen molar-refractivity contribution in [1.29, 1.82) is 0 Å². The molecule has 0 aliphatic rings. The summed E-state index contributed by atoms with van der Waals surface area (Å²) in [6.45, 7) is 4.88. The quantitative estimate of drug-likeness (QED) is 0.446. The van der Waals surface area contributed by atoms with Crippen molar-refractivity contribution >= 4 is 17.4 Å². The van der Waals surface area contributed by atoms with Crippen molar-refractivity contribution in [2.45, 2.75) is 37.4 Å². The van der Waals surface area contributed by atoms with Gasteiger partial charge in [-0.3, -0.25) is 0 Å². The number of thioether (sulfide) groups is 1. The number of nitrogens with zero attached hydrogens (tertiary/aromatic N) is 5. The molecule has 0 spiro atoms. The van der Waals surface area contributed by atoms with Crippen molar-refractivity contribution in [2.24, 2.45) is 0 Å². The lowest BCUT2D eigenvalue weighted by atomic mass is 10.3. The van der Waals surface area contributed by atoms with E-state index in [-0.39, 0.29) is 6.10 Å². The fraction of sp³-hybridized carbons (Fsp3) is 0.250. The maximum atomic E-state index is 6.01. The maximum absolute atomic E-state index is 6.01. The average Bonchev–Trinajstić information content (AvgIpc) is 3.30. The van der Waals surface area contributed by atoms with Gasteiger partial charge in [-0.25, -0.2) is 4.98 Å². The van der Waals surface area contributed by atoms with Crippen LogP contribution in [0.25, 0.3) is 5.65 Å². The SMILES string of the molecule is CCn1c(SCc2cn3ccccc3n2)nnc1C(C)Oc1ccccc1. The third kappa shape index (κ3) is 3.83. The number of hydrogen-bond acceptors (Lipinski definition) is 5. The lowest BCUT2D eigenvalue weighted by Gasteiger charge is -2.15. The second-order valence-electron chi connectivity index (χ2n) is 6.15. The molecule has 3 heterocycles. The van der Waals surface area contributed by atoms with E-state index in [4.69, 9.17) is 4.74 Å². The van der Waals surface area contributed by atoms with E-state index >= 15 is 0 Å². The summed E-state index contributed by atoms with van der Waals surface area (Å²) < 4.78 is 10.1. The van der Waals surface area contributed by atoms with E-state index in [0.717, 1.165) is 40.4 Å². The van der Waals surface area contributed by atoms with Crippen LogP contribution in [0.5, 0.6) is 5.75 Å². The monoisotopic (exact) mass is 379 g/mol. The summed E-state index contributed by atoms with van der Waals surface area (Å²) in [6, 6.07) is 15.8. The summed E-state index contributed by atoms with van der Waals surface area (Å²) in [5.74, 6) is 2.40. The number of aromatic nitrogens is 5. The molecule has 0 aliphatic carbocycles. The van der Waals surface area contributed by atoms with Gasteiger partial charge in [-0.1, -0.05) is 36.0 Å². The van der Waals surface area contributed by atoms with Crippen LogP contribution in [0.3, 0.4) is 0 Å². The zero-order valence-electron chi connectivity index (χ0n) is 15.3. The van der Waals surface area contributed by atoms with Crippen LogP contribution in [-0.2, 0) is 12.3 Å². The minimum absolute atomic E-state index is 0.176. The lowest BCUT2D eigenvalue weighted by molar-refractivity contribution is 0.210. The van der Waals surface area contributed by atoms with Crippen molar-refractivity contribution in [3.8, 4) is 5.75 Å². The van der Waals surface area contributed by atoms with Crippen LogP contribution < -0.4 is 4.74 Å². The molecule has 0 fully saturated rings. The van der Waals surface area contributed by atoms with Gasteiger partial charge in [-0.05, 0) is 38.1 Å². The van der Waals surface area contributed by atoms with Gasteiger partial charge < -0.3 is 13.7 Å². The van der Waals surface area contributed by atoms with Crippen molar-refractivity contribution in [3.05, 3.63) is 72.4 Å². The summed E-state index contributed by atoms with van der Waals surface area (Å²) in [4.78, 5) is 4.64. The molecule has 27 heavy (non-hydrogen) atoms. The Bertz CT molecular complexity index is 994. The van der Waals surface area contributed by atoms with E-state index in [0.29, 0.717) is 0 Å². The zero-order chi connectivity index (χ0) is 18.6. The van der Waals surface area contributed by atoms with Crippen LogP contribution in [0.4, 0.5) is 0 Å². The molecule has 4 rings (SSSR count). The fourth-order valence-electron chi connectivity index (χ4n) is 2.96. The van der Waals surface area contributed by atoms with Crippen molar-refractivity contribution < 1.29 is 4.74 Å². The minimum Gasteiger partial charge on any atom is -0.483 e. The highest BCUT2D eigenvalue weighted by molar-refractivity contribution is 7.98. The Labute approximate surface area is 162 Å². The standard InChI is InChI=1S/C20H21N5OS/c1-3-25-19(15(2)26-17-9-5-4-6-10-17)22-23-20(25)27-14-16-13-24-12-8-7-11-18(24)21-16/h4-13,15H,3,14H2,1-2H3. The number of benzene rings is 1. The summed E-state index contributed by atoms with van der Waals surface area (Å²) in [5.41, 5.74) is 1.97. The van der Waals surface area contributed by atoms with E-state index in [2.05, 4.69) is 32.9 Å². The van der Waals surface area contributed by atoms with E-state index in [9.17, 15) is 0 Å². The Kier molecular flexibility index (Phi) is 5.11. The second kappa shape index (κ2) is 7.84. The topological polar surface area (TPSA) is 57.2 Å². The van der Waals surface area contributed by atoms with Gasteiger partial charge in [0.25, 0.3) is 0 Å². The molecule has 7 heteroatoms. The van der Waals surface area contributed by atoms with E-state index in [1.54, 1.807) is 11.8 Å². The molecule has 0 N–H and O–H groups in total. The van der Waals surface area contributed by atoms with Crippen molar-refractivity contribution in [1.82, 2.24) is 24.1 Å². The Hall–Kier alpha value is -2.80. The predicted octanol–water partition coefficient (Wildman–Crippen LogP) is 4.38.